The molecule has 242 valence electrons. The number of hydrogen-bond acceptors (Lipinski definition) is 14. The summed E-state index contributed by atoms with van der Waals surface area (Å²) in [5.74, 6) is -3.78. The number of amides is 1. The summed E-state index contributed by atoms with van der Waals surface area (Å²) in [6, 6.07) is 8.94. The number of fused-ring (bicyclic) bond motifs is 1. The predicted octanol–water partition coefficient (Wildman–Crippen LogP) is 1.61. The smallest absolute Gasteiger partial charge is 0.418 e. The van der Waals surface area contributed by atoms with Gasteiger partial charge in [0.05, 0.1) is 17.0 Å². The van der Waals surface area contributed by atoms with Crippen molar-refractivity contribution in [3.63, 3.8) is 0 Å². The van der Waals surface area contributed by atoms with Gasteiger partial charge in [-0.05, 0) is 64.5 Å². The highest BCUT2D eigenvalue weighted by atomic mass is 32.3. The Bertz CT molecular complexity index is 1730. The van der Waals surface area contributed by atoms with Crippen molar-refractivity contribution in [2.24, 2.45) is 11.1 Å². The maximum absolute atomic E-state index is 13.3. The van der Waals surface area contributed by atoms with Crippen molar-refractivity contribution in [2.75, 3.05) is 25.9 Å². The number of aromatic nitrogens is 2. The van der Waals surface area contributed by atoms with Crippen molar-refractivity contribution in [2.45, 2.75) is 44.8 Å². The van der Waals surface area contributed by atoms with E-state index in [0.717, 1.165) is 47.3 Å². The van der Waals surface area contributed by atoms with E-state index in [4.69, 9.17) is 19.9 Å². The quantitative estimate of drug-likeness (QED) is 0.0560. The Hall–Kier alpha value is -4.23. The fraction of sp³-hybridized carbons (Fsp3) is 0.407. The Morgan fingerprint density at radius 3 is 2.62 bits per heavy atom. The van der Waals surface area contributed by atoms with Crippen LogP contribution in [-0.2, 0) is 40.3 Å². The van der Waals surface area contributed by atoms with E-state index in [9.17, 15) is 27.9 Å². The zero-order valence-corrected chi connectivity index (χ0v) is 26.1. The molecule has 4 rings (SSSR count). The maximum atomic E-state index is 13.3. The Morgan fingerprint density at radius 1 is 1.24 bits per heavy atom. The third-order valence-electron chi connectivity index (χ3n) is 6.99. The molecule has 0 spiro atoms. The van der Waals surface area contributed by atoms with Gasteiger partial charge in [0.25, 0.3) is 12.0 Å². The third kappa shape index (κ3) is 8.28. The molecule has 45 heavy (non-hydrogen) atoms. The lowest BCUT2D eigenvalue weighted by molar-refractivity contribution is -0.228. The van der Waals surface area contributed by atoms with Crippen molar-refractivity contribution in [3.8, 4) is 5.75 Å². The molecule has 16 nitrogen and oxygen atoms in total. The van der Waals surface area contributed by atoms with Gasteiger partial charge >= 0.3 is 16.4 Å². The minimum absolute atomic E-state index is 0.0180. The van der Waals surface area contributed by atoms with Gasteiger partial charge in [0, 0.05) is 22.9 Å². The van der Waals surface area contributed by atoms with Crippen molar-refractivity contribution < 1.29 is 46.3 Å². The highest BCUT2D eigenvalue weighted by Gasteiger charge is 2.57. The van der Waals surface area contributed by atoms with E-state index >= 15 is 0 Å². The molecule has 2 aromatic heterocycles. The van der Waals surface area contributed by atoms with Crippen LogP contribution in [0.25, 0.3) is 10.9 Å². The molecule has 1 aliphatic rings. The minimum Gasteiger partial charge on any atom is -0.489 e. The molecule has 1 aromatic carbocycles. The molecule has 1 saturated heterocycles. The second kappa shape index (κ2) is 13.8. The highest BCUT2D eigenvalue weighted by Crippen LogP contribution is 2.40. The summed E-state index contributed by atoms with van der Waals surface area (Å²) >= 11 is 0.990. The van der Waals surface area contributed by atoms with Gasteiger partial charge in [-0.25, -0.2) is 9.78 Å². The SMILES string of the molecule is CNCCCc1ccc2cc(OCC(O/N=C(\C(=O)CC3C(=O)N(OS(=O)(=O)O)C3(C)C)c3csc(N)n3)C(=O)O)ccc2n1. The second-order valence-corrected chi connectivity index (χ2v) is 12.5. The number of ketones is 1. The number of carbonyl (C=O) groups is 3. The number of Topliss-reactive ketones (excluding diaryl/α,β-unsaturated/α-hetero) is 1. The molecule has 0 aliphatic carbocycles. The summed E-state index contributed by atoms with van der Waals surface area (Å²) in [5.41, 5.74) is 5.68. The fourth-order valence-corrected chi connectivity index (χ4v) is 5.54. The molecular formula is C27H32N6O10S2. The van der Waals surface area contributed by atoms with Crippen LogP contribution in [0.1, 0.15) is 38.1 Å². The number of carboxylic acids is 1. The summed E-state index contributed by atoms with van der Waals surface area (Å²) in [5, 5.41) is 19.4. The Labute approximate surface area is 262 Å². The summed E-state index contributed by atoms with van der Waals surface area (Å²) in [6.07, 6.45) is -0.374. The molecular weight excluding hydrogens is 632 g/mol. The van der Waals surface area contributed by atoms with Gasteiger partial charge in [0.1, 0.15) is 18.1 Å². The van der Waals surface area contributed by atoms with Crippen molar-refractivity contribution in [1.29, 1.82) is 0 Å². The molecule has 0 bridgehead atoms. The number of aryl methyl sites for hydroxylation is 1. The van der Waals surface area contributed by atoms with Crippen LogP contribution in [0, 0.1) is 5.92 Å². The van der Waals surface area contributed by atoms with Gasteiger partial charge in [0.2, 0.25) is 0 Å². The van der Waals surface area contributed by atoms with E-state index in [-0.39, 0.29) is 10.8 Å². The van der Waals surface area contributed by atoms with Crippen LogP contribution in [-0.4, -0.2) is 88.3 Å². The molecule has 0 radical (unpaired) electrons. The molecule has 18 heteroatoms. The van der Waals surface area contributed by atoms with Crippen LogP contribution >= 0.6 is 11.3 Å². The van der Waals surface area contributed by atoms with Crippen molar-refractivity contribution in [1.82, 2.24) is 20.3 Å². The average molecular weight is 665 g/mol. The molecule has 2 atom stereocenters. The number of carboxylic acid groups (broad SMARTS) is 1. The van der Waals surface area contributed by atoms with E-state index in [1.807, 2.05) is 19.2 Å². The average Bonchev–Trinajstić information content (AvgIpc) is 3.41. The summed E-state index contributed by atoms with van der Waals surface area (Å²) in [6.45, 7) is 3.26. The lowest BCUT2D eigenvalue weighted by atomic mass is 9.74. The van der Waals surface area contributed by atoms with E-state index in [0.29, 0.717) is 10.8 Å². The van der Waals surface area contributed by atoms with Gasteiger partial charge in [0.15, 0.2) is 16.6 Å². The second-order valence-electron chi connectivity index (χ2n) is 10.6. The number of carbonyl (C=O) groups excluding carboxylic acids is 2. The number of nitrogen functional groups attached to an aromatic ring is 1. The first-order valence-corrected chi connectivity index (χ1v) is 15.8. The molecule has 3 aromatic rings. The Kier molecular flexibility index (Phi) is 10.3. The van der Waals surface area contributed by atoms with Gasteiger partial charge in [-0.3, -0.25) is 19.1 Å². The van der Waals surface area contributed by atoms with Crippen LogP contribution < -0.4 is 15.8 Å². The first-order chi connectivity index (χ1) is 21.2. The number of nitrogens with one attached hydrogen (secondary N) is 1. The number of pyridine rings is 1. The minimum atomic E-state index is -4.98. The largest absolute Gasteiger partial charge is 0.489 e. The molecule has 1 amide bonds. The molecule has 1 aliphatic heterocycles. The van der Waals surface area contributed by atoms with E-state index in [2.05, 4.69) is 24.7 Å². The number of nitrogens with zero attached hydrogens (tertiary/aromatic N) is 4. The number of ether oxygens (including phenoxy) is 1. The van der Waals surface area contributed by atoms with Crippen LogP contribution in [0.4, 0.5) is 5.13 Å². The van der Waals surface area contributed by atoms with Gasteiger partial charge in [-0.15, -0.1) is 15.6 Å². The van der Waals surface area contributed by atoms with E-state index in [1.54, 1.807) is 18.2 Å². The predicted molar refractivity (Wildman–Crippen MR) is 162 cm³/mol. The van der Waals surface area contributed by atoms with Crippen molar-refractivity contribution in [3.05, 3.63) is 47.1 Å². The van der Waals surface area contributed by atoms with E-state index in [1.165, 1.54) is 19.2 Å². The van der Waals surface area contributed by atoms with E-state index < -0.39 is 64.4 Å². The molecule has 1 fully saturated rings. The number of anilines is 1. The number of aliphatic carboxylic acids is 1. The number of β-lactam (4-membered cyclic amide) rings is 1. The summed E-state index contributed by atoms with van der Waals surface area (Å²) in [4.78, 5) is 51.7. The first kappa shape index (κ1) is 33.7. The molecule has 3 heterocycles. The van der Waals surface area contributed by atoms with Gasteiger partial charge in [-0.2, -0.15) is 13.5 Å². The molecule has 0 saturated carbocycles. The number of hydroxylamine groups is 2. The monoisotopic (exact) mass is 664 g/mol. The number of oxime groups is 1. The van der Waals surface area contributed by atoms with Crippen LogP contribution in [0.3, 0.4) is 0 Å². The van der Waals surface area contributed by atoms with Gasteiger partial charge in [-0.1, -0.05) is 11.2 Å². The Balaban J connectivity index is 1.46. The molecule has 2 unspecified atom stereocenters. The number of benzene rings is 1. The summed E-state index contributed by atoms with van der Waals surface area (Å²) < 4.78 is 41.1. The number of rotatable bonds is 16. The highest BCUT2D eigenvalue weighted by molar-refractivity contribution is 7.80. The normalized spacial score (nSPS) is 17.2. The Morgan fingerprint density at radius 2 is 2.00 bits per heavy atom. The van der Waals surface area contributed by atoms with Crippen LogP contribution in [0.2, 0.25) is 0 Å². The number of thiazole rings is 1. The standard InChI is InChI=1S/C27H32N6O10S2/c1-27(2)18(24(35)33(27)43-45(38,39)40)12-21(34)23(20-14-44-26(28)31-20)32-42-22(25(36)37)13-41-17-8-9-19-15(11-17)6-7-16(30-19)5-4-10-29-3/h6-9,11,14,18,22,29H,4-5,10,12-13H2,1-3H3,(H2,28,31)(H,36,37)(H,38,39,40)/b32-23-. The zero-order valence-electron chi connectivity index (χ0n) is 24.5. The van der Waals surface area contributed by atoms with Crippen LogP contribution in [0.15, 0.2) is 40.9 Å². The van der Waals surface area contributed by atoms with Gasteiger partial charge < -0.3 is 25.7 Å². The lowest BCUT2D eigenvalue weighted by Crippen LogP contribution is -2.68. The zero-order chi connectivity index (χ0) is 32.9. The van der Waals surface area contributed by atoms with Crippen LogP contribution in [0.5, 0.6) is 5.75 Å². The number of hydrogen-bond donors (Lipinski definition) is 4. The lowest BCUT2D eigenvalue weighted by Gasteiger charge is -2.50. The fourth-order valence-electron chi connectivity index (χ4n) is 4.54. The first-order valence-electron chi connectivity index (χ1n) is 13.6. The maximum Gasteiger partial charge on any atom is 0.418 e. The molecule has 5 N–H and O–H groups in total. The third-order valence-corrected chi connectivity index (χ3v) is 8.00. The van der Waals surface area contributed by atoms with Crippen molar-refractivity contribution >= 4 is 61.1 Å². The topological polar surface area (TPSA) is 233 Å². The summed E-state index contributed by atoms with van der Waals surface area (Å²) in [7, 11) is -3.09. The number of nitrogens with two attached hydrogens (primary N) is 1.